The zero-order chi connectivity index (χ0) is 12.4. The molecule has 0 rings (SSSR count). The first-order valence-corrected chi connectivity index (χ1v) is 5.56. The van der Waals surface area contributed by atoms with E-state index in [1.807, 2.05) is 38.2 Å². The predicted molar refractivity (Wildman–Crippen MR) is 75.4 cm³/mol. The maximum absolute atomic E-state index is 3.99. The van der Waals surface area contributed by atoms with E-state index < -0.39 is 0 Å². The van der Waals surface area contributed by atoms with Crippen LogP contribution in [0.15, 0.2) is 72.9 Å². The summed E-state index contributed by atoms with van der Waals surface area (Å²) in [5, 5.41) is 0. The number of allylic oxidation sites excluding steroid dienone is 9. The van der Waals surface area contributed by atoms with Gasteiger partial charge in [0.25, 0.3) is 0 Å². The maximum atomic E-state index is 3.99. The summed E-state index contributed by atoms with van der Waals surface area (Å²) < 4.78 is 0. The molecule has 0 aliphatic carbocycles. The normalized spacial score (nSPS) is 12.2. The van der Waals surface area contributed by atoms with Crippen LogP contribution in [0.25, 0.3) is 0 Å². The van der Waals surface area contributed by atoms with Gasteiger partial charge in [-0.3, -0.25) is 0 Å². The monoisotopic (exact) mass is 214 g/mol. The summed E-state index contributed by atoms with van der Waals surface area (Å²) in [7, 11) is 0. The Bertz CT molecular complexity index is 335. The molecule has 0 amide bonds. The highest BCUT2D eigenvalue weighted by atomic mass is 14.0. The molecule has 0 N–H and O–H groups in total. The highest BCUT2D eigenvalue weighted by molar-refractivity contribution is 5.31. The van der Waals surface area contributed by atoms with Gasteiger partial charge < -0.3 is 0 Å². The highest BCUT2D eigenvalue weighted by Gasteiger charge is 1.98. The fourth-order valence-corrected chi connectivity index (χ4v) is 1.23. The molecule has 0 aromatic heterocycles. The van der Waals surface area contributed by atoms with Gasteiger partial charge in [0.2, 0.25) is 0 Å². The predicted octanol–water partition coefficient (Wildman–Crippen LogP) is 5.14. The van der Waals surface area contributed by atoms with E-state index >= 15 is 0 Å². The molecule has 0 saturated heterocycles. The fraction of sp³-hybridized carbons (Fsp3) is 0.250. The number of hydrogen-bond donors (Lipinski definition) is 0. The molecule has 0 unspecified atom stereocenters. The van der Waals surface area contributed by atoms with Crippen LogP contribution in [0.2, 0.25) is 0 Å². The van der Waals surface area contributed by atoms with Crippen LogP contribution < -0.4 is 0 Å². The molecule has 0 radical (unpaired) electrons. The molecule has 0 fully saturated rings. The largest absolute Gasteiger partial charge is 0.0991 e. The van der Waals surface area contributed by atoms with E-state index in [9.17, 15) is 0 Å². The van der Waals surface area contributed by atoms with Crippen LogP contribution in [0, 0.1) is 0 Å². The lowest BCUT2D eigenvalue weighted by Crippen LogP contribution is -1.86. The SMILES string of the molecule is C=C/C=C\C(=C)CC/C(=C/C=C\C)C(=C)C. The molecule has 0 heteroatoms. The molecule has 0 aromatic carbocycles. The van der Waals surface area contributed by atoms with Crippen LogP contribution in [-0.4, -0.2) is 0 Å². The molecular formula is C16H22. The average Bonchev–Trinajstić information content (AvgIpc) is 2.25. The van der Waals surface area contributed by atoms with Gasteiger partial charge >= 0.3 is 0 Å². The third kappa shape index (κ3) is 6.83. The van der Waals surface area contributed by atoms with Crippen molar-refractivity contribution in [2.45, 2.75) is 26.7 Å². The van der Waals surface area contributed by atoms with Crippen molar-refractivity contribution >= 4 is 0 Å². The Morgan fingerprint density at radius 1 is 1.12 bits per heavy atom. The number of rotatable bonds is 7. The Labute approximate surface area is 100 Å². The van der Waals surface area contributed by atoms with E-state index in [0.717, 1.165) is 24.0 Å². The highest BCUT2D eigenvalue weighted by Crippen LogP contribution is 2.17. The summed E-state index contributed by atoms with van der Waals surface area (Å²) in [5.74, 6) is 0. The molecule has 86 valence electrons. The molecule has 0 nitrogen and oxygen atoms in total. The Balaban J connectivity index is 4.33. The van der Waals surface area contributed by atoms with Crippen molar-refractivity contribution in [3.8, 4) is 0 Å². The molecule has 0 aromatic rings. The zero-order valence-electron chi connectivity index (χ0n) is 10.5. The molecule has 16 heavy (non-hydrogen) atoms. The zero-order valence-corrected chi connectivity index (χ0v) is 10.5. The van der Waals surface area contributed by atoms with Crippen molar-refractivity contribution in [1.29, 1.82) is 0 Å². The molecular weight excluding hydrogens is 192 g/mol. The van der Waals surface area contributed by atoms with Gasteiger partial charge in [0.05, 0.1) is 0 Å². The molecule has 0 aliphatic rings. The minimum Gasteiger partial charge on any atom is -0.0991 e. The third-order valence-corrected chi connectivity index (χ3v) is 2.22. The smallest absolute Gasteiger partial charge is 0.0236 e. The van der Waals surface area contributed by atoms with Crippen LogP contribution in [0.3, 0.4) is 0 Å². The van der Waals surface area contributed by atoms with E-state index in [4.69, 9.17) is 0 Å². The van der Waals surface area contributed by atoms with Gasteiger partial charge in [-0.1, -0.05) is 67.3 Å². The van der Waals surface area contributed by atoms with Crippen molar-refractivity contribution in [3.05, 3.63) is 72.9 Å². The topological polar surface area (TPSA) is 0 Å². The Morgan fingerprint density at radius 3 is 2.31 bits per heavy atom. The molecule has 0 saturated carbocycles. The van der Waals surface area contributed by atoms with Gasteiger partial charge in [-0.25, -0.2) is 0 Å². The van der Waals surface area contributed by atoms with Gasteiger partial charge in [-0.05, 0) is 32.3 Å². The summed E-state index contributed by atoms with van der Waals surface area (Å²) in [6.45, 7) is 15.7. The Kier molecular flexibility index (Phi) is 7.87. The van der Waals surface area contributed by atoms with E-state index in [-0.39, 0.29) is 0 Å². The number of hydrogen-bond acceptors (Lipinski definition) is 0. The van der Waals surface area contributed by atoms with Crippen LogP contribution in [0.5, 0.6) is 0 Å². The lowest BCUT2D eigenvalue weighted by Gasteiger charge is -2.06. The first-order chi connectivity index (χ1) is 7.61. The van der Waals surface area contributed by atoms with Gasteiger partial charge in [0, 0.05) is 0 Å². The van der Waals surface area contributed by atoms with Crippen molar-refractivity contribution < 1.29 is 0 Å². The van der Waals surface area contributed by atoms with Crippen LogP contribution >= 0.6 is 0 Å². The lowest BCUT2D eigenvalue weighted by atomic mass is 10.00. The van der Waals surface area contributed by atoms with Crippen molar-refractivity contribution in [2.24, 2.45) is 0 Å². The van der Waals surface area contributed by atoms with Gasteiger partial charge in [-0.15, -0.1) is 0 Å². The second-order valence-corrected chi connectivity index (χ2v) is 3.75. The fourth-order valence-electron chi connectivity index (χ4n) is 1.23. The van der Waals surface area contributed by atoms with Crippen LogP contribution in [-0.2, 0) is 0 Å². The summed E-state index contributed by atoms with van der Waals surface area (Å²) in [4.78, 5) is 0. The Hall–Kier alpha value is -1.56. The van der Waals surface area contributed by atoms with Gasteiger partial charge in [0.1, 0.15) is 0 Å². The van der Waals surface area contributed by atoms with E-state index in [1.165, 1.54) is 5.57 Å². The van der Waals surface area contributed by atoms with E-state index in [0.29, 0.717) is 0 Å². The molecule has 0 bridgehead atoms. The van der Waals surface area contributed by atoms with Gasteiger partial charge in [0.15, 0.2) is 0 Å². The van der Waals surface area contributed by atoms with E-state index in [2.05, 4.69) is 25.8 Å². The van der Waals surface area contributed by atoms with Crippen LogP contribution in [0.1, 0.15) is 26.7 Å². The molecule has 0 aliphatic heterocycles. The maximum Gasteiger partial charge on any atom is -0.0236 e. The third-order valence-electron chi connectivity index (χ3n) is 2.22. The van der Waals surface area contributed by atoms with Crippen molar-refractivity contribution in [3.63, 3.8) is 0 Å². The second kappa shape index (κ2) is 8.72. The van der Waals surface area contributed by atoms with Crippen LogP contribution in [0.4, 0.5) is 0 Å². The molecule has 0 heterocycles. The first-order valence-electron chi connectivity index (χ1n) is 5.56. The van der Waals surface area contributed by atoms with Crippen molar-refractivity contribution in [1.82, 2.24) is 0 Å². The standard InChI is InChI=1S/C16H22/c1-6-8-10-15(5)12-13-16(14(3)4)11-9-7-2/h6-11H,1,3,5,12-13H2,2,4H3/b9-7-,10-8-,16-11-. The molecule has 0 atom stereocenters. The quantitative estimate of drug-likeness (QED) is 0.514. The summed E-state index contributed by atoms with van der Waals surface area (Å²) >= 11 is 0. The summed E-state index contributed by atoms with van der Waals surface area (Å²) in [6, 6.07) is 0. The summed E-state index contributed by atoms with van der Waals surface area (Å²) in [6.07, 6.45) is 13.8. The minimum atomic E-state index is 0.959. The van der Waals surface area contributed by atoms with E-state index in [1.54, 1.807) is 6.08 Å². The van der Waals surface area contributed by atoms with Gasteiger partial charge in [-0.2, -0.15) is 0 Å². The summed E-state index contributed by atoms with van der Waals surface area (Å²) in [5.41, 5.74) is 3.53. The second-order valence-electron chi connectivity index (χ2n) is 3.75. The first kappa shape index (κ1) is 14.4. The minimum absolute atomic E-state index is 0.959. The lowest BCUT2D eigenvalue weighted by molar-refractivity contribution is 0.957. The average molecular weight is 214 g/mol. The Morgan fingerprint density at radius 2 is 1.81 bits per heavy atom. The molecule has 0 spiro atoms. The van der Waals surface area contributed by atoms with Crippen molar-refractivity contribution in [2.75, 3.05) is 0 Å².